The second-order valence-electron chi connectivity index (χ2n) is 7.93. The van der Waals surface area contributed by atoms with Crippen LogP contribution in [0.15, 0.2) is 89.3 Å². The molecule has 0 aliphatic carbocycles. The van der Waals surface area contributed by atoms with Crippen LogP contribution in [-0.4, -0.2) is 28.0 Å². The number of benzene rings is 3. The molecule has 3 aromatic rings. The summed E-state index contributed by atoms with van der Waals surface area (Å²) in [7, 11) is 0. The van der Waals surface area contributed by atoms with Gasteiger partial charge >= 0.3 is 0 Å². The molecule has 0 unspecified atom stereocenters. The molecular formula is C27H18N4O4S2. The molecule has 8 nitrogen and oxygen atoms in total. The molecule has 2 aliphatic heterocycles. The average molecular weight is 527 g/mol. The van der Waals surface area contributed by atoms with Crippen molar-refractivity contribution in [3.63, 3.8) is 0 Å². The summed E-state index contributed by atoms with van der Waals surface area (Å²) in [5.41, 5.74) is 1.79. The number of hydrogen-bond acceptors (Lipinski definition) is 7. The van der Waals surface area contributed by atoms with Crippen LogP contribution in [0.2, 0.25) is 0 Å². The Morgan fingerprint density at radius 2 is 1.41 bits per heavy atom. The van der Waals surface area contributed by atoms with Crippen LogP contribution in [0, 0.1) is 5.41 Å². The monoisotopic (exact) mass is 526 g/mol. The lowest BCUT2D eigenvalue weighted by molar-refractivity contribution is -0.122. The number of carbonyl (C=O) groups is 3. The molecule has 2 aliphatic rings. The van der Waals surface area contributed by atoms with Gasteiger partial charge in [0.25, 0.3) is 17.7 Å². The normalized spacial score (nSPS) is 17.8. The molecule has 37 heavy (non-hydrogen) atoms. The number of anilines is 1. The number of amidine groups is 1. The van der Waals surface area contributed by atoms with Crippen LogP contribution in [0.5, 0.6) is 11.5 Å². The van der Waals surface area contributed by atoms with Gasteiger partial charge in [0, 0.05) is 0 Å². The van der Waals surface area contributed by atoms with Crippen molar-refractivity contribution in [2.75, 3.05) is 4.90 Å². The van der Waals surface area contributed by atoms with Crippen LogP contribution in [0.1, 0.15) is 11.1 Å². The van der Waals surface area contributed by atoms with Crippen molar-refractivity contribution in [1.82, 2.24) is 10.6 Å². The first kappa shape index (κ1) is 24.2. The van der Waals surface area contributed by atoms with E-state index in [1.807, 2.05) is 30.3 Å². The summed E-state index contributed by atoms with van der Waals surface area (Å²) in [6.07, 6.45) is 3.16. The smallest absolute Gasteiger partial charge is 0.270 e. The fourth-order valence-corrected chi connectivity index (χ4v) is 4.61. The van der Waals surface area contributed by atoms with E-state index in [1.165, 1.54) is 11.0 Å². The highest BCUT2D eigenvalue weighted by Gasteiger charge is 2.34. The van der Waals surface area contributed by atoms with Gasteiger partial charge < -0.3 is 10.1 Å². The maximum absolute atomic E-state index is 13.3. The second kappa shape index (κ2) is 10.2. The number of rotatable bonds is 5. The molecule has 0 radical (unpaired) electrons. The van der Waals surface area contributed by atoms with Gasteiger partial charge in [-0.1, -0.05) is 42.5 Å². The Balaban J connectivity index is 1.35. The first-order chi connectivity index (χ1) is 17.9. The zero-order chi connectivity index (χ0) is 25.9. The molecule has 5 rings (SSSR count). The van der Waals surface area contributed by atoms with Crippen LogP contribution < -0.4 is 20.3 Å². The highest BCUT2D eigenvalue weighted by molar-refractivity contribution is 8.18. The minimum atomic E-state index is -0.584. The molecule has 3 N–H and O–H groups in total. The maximum atomic E-state index is 13.3. The summed E-state index contributed by atoms with van der Waals surface area (Å²) in [6, 6.07) is 23.1. The van der Waals surface area contributed by atoms with Gasteiger partial charge in [-0.3, -0.25) is 30.0 Å². The van der Waals surface area contributed by atoms with Crippen molar-refractivity contribution in [2.45, 2.75) is 0 Å². The number of ether oxygens (including phenoxy) is 1. The number of hydrogen-bond donors (Lipinski definition) is 3. The summed E-state index contributed by atoms with van der Waals surface area (Å²) < 4.78 is 5.80. The number of thioether (sulfide) groups is 1. The van der Waals surface area contributed by atoms with E-state index in [1.54, 1.807) is 54.6 Å². The van der Waals surface area contributed by atoms with Crippen LogP contribution in [0.25, 0.3) is 12.2 Å². The summed E-state index contributed by atoms with van der Waals surface area (Å²) in [5, 5.41) is 12.6. The zero-order valence-electron chi connectivity index (χ0n) is 19.1. The predicted octanol–water partition coefficient (Wildman–Crippen LogP) is 4.45. The van der Waals surface area contributed by atoms with E-state index >= 15 is 0 Å². The van der Waals surface area contributed by atoms with Gasteiger partial charge in [0.05, 0.1) is 10.6 Å². The fraction of sp³-hybridized carbons (Fsp3) is 0. The Hall–Kier alpha value is -4.54. The Bertz CT molecular complexity index is 1500. The van der Waals surface area contributed by atoms with Gasteiger partial charge in [-0.05, 0) is 83.7 Å². The van der Waals surface area contributed by atoms with E-state index in [0.717, 1.165) is 17.3 Å². The second-order valence-corrected chi connectivity index (χ2v) is 9.37. The number of carbonyl (C=O) groups excluding carboxylic acids is 3. The van der Waals surface area contributed by atoms with Crippen molar-refractivity contribution in [3.8, 4) is 11.5 Å². The fourth-order valence-electron chi connectivity index (χ4n) is 3.63. The molecule has 3 amide bonds. The molecule has 2 heterocycles. The third kappa shape index (κ3) is 5.35. The third-order valence-electron chi connectivity index (χ3n) is 5.38. The Morgan fingerprint density at radius 1 is 0.784 bits per heavy atom. The first-order valence-corrected chi connectivity index (χ1v) is 12.2. The quantitative estimate of drug-likeness (QED) is 0.257. The van der Waals surface area contributed by atoms with E-state index in [4.69, 9.17) is 22.4 Å². The molecule has 182 valence electrons. The number of nitrogens with one attached hydrogen (secondary N) is 3. The van der Waals surface area contributed by atoms with Crippen LogP contribution >= 0.6 is 24.0 Å². The van der Waals surface area contributed by atoms with Gasteiger partial charge in [-0.15, -0.1) is 0 Å². The molecule has 2 fully saturated rings. The number of thiocarbonyl (C=S) groups is 1. The Kier molecular flexibility index (Phi) is 6.67. The summed E-state index contributed by atoms with van der Waals surface area (Å²) in [5.74, 6) is -0.177. The summed E-state index contributed by atoms with van der Waals surface area (Å²) in [4.78, 5) is 39.4. The highest BCUT2D eigenvalue weighted by Crippen LogP contribution is 2.28. The van der Waals surface area contributed by atoms with E-state index in [0.29, 0.717) is 27.7 Å². The lowest BCUT2D eigenvalue weighted by Crippen LogP contribution is -2.54. The molecule has 0 aromatic heterocycles. The molecular weight excluding hydrogens is 508 g/mol. The standard InChI is InChI=1S/C27H18N4O4S2/c28-26-29-24(33)22(37-26)15-17-8-6-16(7-9-17)14-21-23(32)30-27(36)31(25(21)34)18-10-12-20(13-11-18)35-19-4-2-1-3-5-19/h1-15H,(H2,28,29,33)(H,30,32,36). The highest BCUT2D eigenvalue weighted by atomic mass is 32.2. The predicted molar refractivity (Wildman–Crippen MR) is 147 cm³/mol. The summed E-state index contributed by atoms with van der Waals surface area (Å²) >= 11 is 6.33. The van der Waals surface area contributed by atoms with Crippen LogP contribution in [-0.2, 0) is 14.4 Å². The first-order valence-electron chi connectivity index (χ1n) is 11.0. The van der Waals surface area contributed by atoms with Crippen molar-refractivity contribution in [3.05, 3.63) is 100 Å². The molecule has 0 bridgehead atoms. The van der Waals surface area contributed by atoms with E-state index in [9.17, 15) is 14.4 Å². The Labute approximate surface area is 221 Å². The van der Waals surface area contributed by atoms with Gasteiger partial charge in [-0.2, -0.15) is 0 Å². The molecule has 3 aromatic carbocycles. The van der Waals surface area contributed by atoms with Gasteiger partial charge in [0.1, 0.15) is 17.1 Å². The molecule has 0 atom stereocenters. The average Bonchev–Trinajstić information content (AvgIpc) is 3.20. The minimum absolute atomic E-state index is 0.0104. The van der Waals surface area contributed by atoms with E-state index in [-0.39, 0.29) is 21.8 Å². The van der Waals surface area contributed by atoms with Crippen molar-refractivity contribution in [1.29, 1.82) is 5.41 Å². The topological polar surface area (TPSA) is 112 Å². The van der Waals surface area contributed by atoms with Gasteiger partial charge in [-0.25, -0.2) is 0 Å². The van der Waals surface area contributed by atoms with Crippen molar-refractivity contribution < 1.29 is 19.1 Å². The molecule has 0 saturated carbocycles. The van der Waals surface area contributed by atoms with E-state index < -0.39 is 11.8 Å². The molecule has 0 spiro atoms. The SMILES string of the molecule is N=C1NC(=O)C(=Cc2ccc(C=C3C(=O)NC(=S)N(c4ccc(Oc5ccccc5)cc4)C3=O)cc2)S1. The van der Waals surface area contributed by atoms with Crippen molar-refractivity contribution in [2.24, 2.45) is 0 Å². The van der Waals surface area contributed by atoms with Gasteiger partial charge in [0.15, 0.2) is 10.3 Å². The number of para-hydroxylation sites is 1. The van der Waals surface area contributed by atoms with Crippen LogP contribution in [0.3, 0.4) is 0 Å². The number of amides is 3. The number of nitrogens with zero attached hydrogens (tertiary/aromatic N) is 1. The lowest BCUT2D eigenvalue weighted by Gasteiger charge is -2.29. The molecule has 10 heteroatoms. The largest absolute Gasteiger partial charge is 0.457 e. The maximum Gasteiger partial charge on any atom is 0.270 e. The Morgan fingerprint density at radius 3 is 2.03 bits per heavy atom. The lowest BCUT2D eigenvalue weighted by atomic mass is 10.1. The third-order valence-corrected chi connectivity index (χ3v) is 6.50. The van der Waals surface area contributed by atoms with E-state index in [2.05, 4.69) is 10.6 Å². The minimum Gasteiger partial charge on any atom is -0.457 e. The summed E-state index contributed by atoms with van der Waals surface area (Å²) in [6.45, 7) is 0. The van der Waals surface area contributed by atoms with Gasteiger partial charge in [0.2, 0.25) is 0 Å². The molecule has 2 saturated heterocycles. The van der Waals surface area contributed by atoms with Crippen LogP contribution in [0.4, 0.5) is 5.69 Å². The zero-order valence-corrected chi connectivity index (χ0v) is 20.7. The van der Waals surface area contributed by atoms with Crippen molar-refractivity contribution >= 4 is 69.8 Å².